The molecule has 1 fully saturated rings. The van der Waals surface area contributed by atoms with Gasteiger partial charge in [-0.1, -0.05) is 11.6 Å². The maximum absolute atomic E-state index is 6.11. The first kappa shape index (κ1) is 21.4. The third-order valence-corrected chi connectivity index (χ3v) is 5.13. The van der Waals surface area contributed by atoms with E-state index in [0.717, 1.165) is 34.4 Å². The number of pyridine rings is 1. The van der Waals surface area contributed by atoms with Crippen LogP contribution in [0, 0.1) is 0 Å². The molecule has 1 saturated heterocycles. The lowest BCUT2D eigenvalue weighted by Gasteiger charge is -2.17. The van der Waals surface area contributed by atoms with E-state index in [0.29, 0.717) is 23.2 Å². The number of nitrogens with two attached hydrogens (primary N) is 2. The summed E-state index contributed by atoms with van der Waals surface area (Å²) in [5.41, 5.74) is 9.32. The van der Waals surface area contributed by atoms with Gasteiger partial charge in [0.1, 0.15) is 11.3 Å². The molecule has 29 heavy (non-hydrogen) atoms. The zero-order chi connectivity index (χ0) is 21.0. The molecule has 0 radical (unpaired) electrons. The number of aryl methyl sites for hydroxylation is 1. The van der Waals surface area contributed by atoms with E-state index in [9.17, 15) is 0 Å². The molecule has 0 aliphatic carbocycles. The minimum absolute atomic E-state index is 0.509. The number of nitrogens with zero attached hydrogens (tertiary/aromatic N) is 4. The van der Waals surface area contributed by atoms with Crippen LogP contribution in [0.4, 0.5) is 0 Å². The first-order valence-electron chi connectivity index (χ1n) is 9.80. The zero-order valence-electron chi connectivity index (χ0n) is 17.2. The predicted molar refractivity (Wildman–Crippen MR) is 118 cm³/mol. The summed E-state index contributed by atoms with van der Waals surface area (Å²) in [7, 11) is 3.69. The molecule has 0 amide bonds. The number of hydrogen-bond acceptors (Lipinski definition) is 6. The van der Waals surface area contributed by atoms with Gasteiger partial charge < -0.3 is 20.0 Å². The quantitative estimate of drug-likeness (QED) is 0.501. The van der Waals surface area contributed by atoms with Crippen molar-refractivity contribution in [1.29, 1.82) is 0 Å². The molecular formula is C21H29ClN6O. The second-order valence-corrected chi connectivity index (χ2v) is 7.90. The van der Waals surface area contributed by atoms with Crippen LogP contribution in [-0.4, -0.2) is 39.3 Å². The molecule has 8 heteroatoms. The largest absolute Gasteiger partial charge is 0.400 e. The first-order valence-corrected chi connectivity index (χ1v) is 10.2. The molecule has 1 aliphatic heterocycles. The molecule has 0 unspecified atom stereocenters. The van der Waals surface area contributed by atoms with Gasteiger partial charge in [-0.3, -0.25) is 4.98 Å². The van der Waals surface area contributed by atoms with Crippen molar-refractivity contribution in [1.82, 2.24) is 19.5 Å². The number of rotatable bonds is 3. The summed E-state index contributed by atoms with van der Waals surface area (Å²) >= 11 is 6.11. The highest BCUT2D eigenvalue weighted by Gasteiger charge is 2.13. The number of hydrazine groups is 1. The number of ether oxygens (including phenoxy) is 1. The molecule has 0 spiro atoms. The van der Waals surface area contributed by atoms with Crippen LogP contribution in [0.1, 0.15) is 32.0 Å². The topological polar surface area (TPSA) is 95.2 Å². The Labute approximate surface area is 176 Å². The van der Waals surface area contributed by atoms with E-state index in [-0.39, 0.29) is 0 Å². The number of fused-ring (bicyclic) bond motifs is 3. The molecule has 1 atom stereocenters. The SMILES string of the molecule is CN(N)/C=C(\N)Cc1nc2cnc3ccc(Cl)cc3c2n1C.C[C@@H]1CCCCO1. The fourth-order valence-corrected chi connectivity index (χ4v) is 3.64. The van der Waals surface area contributed by atoms with Crippen LogP contribution >= 0.6 is 11.6 Å². The minimum atomic E-state index is 0.509. The van der Waals surface area contributed by atoms with Crippen LogP contribution in [0.25, 0.3) is 21.9 Å². The lowest BCUT2D eigenvalue weighted by molar-refractivity contribution is 0.0285. The minimum Gasteiger partial charge on any atom is -0.400 e. The van der Waals surface area contributed by atoms with Crippen LogP contribution < -0.4 is 11.6 Å². The monoisotopic (exact) mass is 416 g/mol. The van der Waals surface area contributed by atoms with Gasteiger partial charge in [0, 0.05) is 49.4 Å². The van der Waals surface area contributed by atoms with Crippen molar-refractivity contribution in [2.24, 2.45) is 18.6 Å². The molecule has 156 valence electrons. The van der Waals surface area contributed by atoms with Gasteiger partial charge in [-0.25, -0.2) is 10.8 Å². The maximum atomic E-state index is 6.11. The van der Waals surface area contributed by atoms with Crippen LogP contribution in [0.3, 0.4) is 0 Å². The normalized spacial score (nSPS) is 17.3. The molecule has 2 aromatic heterocycles. The first-order chi connectivity index (χ1) is 13.8. The van der Waals surface area contributed by atoms with E-state index in [1.54, 1.807) is 19.4 Å². The smallest absolute Gasteiger partial charge is 0.115 e. The molecular weight excluding hydrogens is 388 g/mol. The Kier molecular flexibility index (Phi) is 6.95. The van der Waals surface area contributed by atoms with Crippen molar-refractivity contribution in [3.05, 3.63) is 47.1 Å². The van der Waals surface area contributed by atoms with E-state index in [1.807, 2.05) is 29.8 Å². The summed E-state index contributed by atoms with van der Waals surface area (Å²) in [6.07, 6.45) is 8.38. The average molecular weight is 417 g/mol. The summed E-state index contributed by atoms with van der Waals surface area (Å²) in [5.74, 6) is 6.42. The van der Waals surface area contributed by atoms with Crippen molar-refractivity contribution in [2.45, 2.75) is 38.7 Å². The van der Waals surface area contributed by atoms with Gasteiger partial charge in [-0.2, -0.15) is 0 Å². The highest BCUT2D eigenvalue weighted by atomic mass is 35.5. The Balaban J connectivity index is 0.000000290. The van der Waals surface area contributed by atoms with E-state index < -0.39 is 0 Å². The number of hydrogen-bond donors (Lipinski definition) is 2. The summed E-state index contributed by atoms with van der Waals surface area (Å²) < 4.78 is 7.30. The standard InChI is InChI=1S/C15H17ClN6.C6H12O/c1-21(18)8-10(17)6-14-20-13-7-19-12-4-3-9(16)5-11(12)15(13)22(14)2;1-6-4-2-3-5-7-6/h3-5,7-8H,6,17-18H2,1-2H3;6H,2-5H2,1H3/b10-8-;/t;6-/m.1/s1. The van der Waals surface area contributed by atoms with Gasteiger partial charge in [0.05, 0.1) is 23.3 Å². The molecule has 7 nitrogen and oxygen atoms in total. The van der Waals surface area contributed by atoms with E-state index >= 15 is 0 Å². The molecule has 4 rings (SSSR count). The fourth-order valence-electron chi connectivity index (χ4n) is 3.47. The highest BCUT2D eigenvalue weighted by molar-refractivity contribution is 6.31. The zero-order valence-corrected chi connectivity index (χ0v) is 18.0. The Morgan fingerprint density at radius 1 is 1.38 bits per heavy atom. The van der Waals surface area contributed by atoms with Gasteiger partial charge in [-0.15, -0.1) is 0 Å². The van der Waals surface area contributed by atoms with Crippen LogP contribution in [-0.2, 0) is 18.2 Å². The third-order valence-electron chi connectivity index (χ3n) is 4.89. The van der Waals surface area contributed by atoms with Gasteiger partial charge in [0.2, 0.25) is 0 Å². The van der Waals surface area contributed by atoms with Crippen LogP contribution in [0.15, 0.2) is 36.3 Å². The summed E-state index contributed by atoms with van der Waals surface area (Å²) in [6.45, 7) is 3.13. The summed E-state index contributed by atoms with van der Waals surface area (Å²) in [4.78, 5) is 9.04. The van der Waals surface area contributed by atoms with Crippen molar-refractivity contribution in [3.63, 3.8) is 0 Å². The Hall–Kier alpha value is -2.35. The summed E-state index contributed by atoms with van der Waals surface area (Å²) in [5, 5.41) is 3.08. The Morgan fingerprint density at radius 3 is 2.79 bits per heavy atom. The molecule has 0 saturated carbocycles. The Bertz CT molecular complexity index is 1010. The predicted octanol–water partition coefficient (Wildman–Crippen LogP) is 3.50. The number of halogens is 1. The molecule has 1 aliphatic rings. The van der Waals surface area contributed by atoms with Crippen LogP contribution in [0.5, 0.6) is 0 Å². The van der Waals surface area contributed by atoms with Crippen molar-refractivity contribution in [2.75, 3.05) is 13.7 Å². The van der Waals surface area contributed by atoms with E-state index in [1.165, 1.54) is 24.3 Å². The lowest BCUT2D eigenvalue weighted by atomic mass is 10.1. The second-order valence-electron chi connectivity index (χ2n) is 7.46. The van der Waals surface area contributed by atoms with Crippen molar-refractivity contribution < 1.29 is 4.74 Å². The number of aromatic nitrogens is 3. The number of imidazole rings is 1. The van der Waals surface area contributed by atoms with Gasteiger partial charge >= 0.3 is 0 Å². The highest BCUT2D eigenvalue weighted by Crippen LogP contribution is 2.26. The molecule has 3 aromatic rings. The maximum Gasteiger partial charge on any atom is 0.115 e. The molecule has 3 heterocycles. The van der Waals surface area contributed by atoms with Crippen molar-refractivity contribution in [3.8, 4) is 0 Å². The van der Waals surface area contributed by atoms with E-state index in [2.05, 4.69) is 16.9 Å². The lowest BCUT2D eigenvalue weighted by Crippen LogP contribution is -2.21. The number of benzene rings is 1. The average Bonchev–Trinajstić information content (AvgIpc) is 2.98. The van der Waals surface area contributed by atoms with Gasteiger partial charge in [0.25, 0.3) is 0 Å². The Morgan fingerprint density at radius 2 is 2.17 bits per heavy atom. The molecule has 1 aromatic carbocycles. The molecule has 4 N–H and O–H groups in total. The van der Waals surface area contributed by atoms with Gasteiger partial charge in [0.15, 0.2) is 0 Å². The van der Waals surface area contributed by atoms with E-state index in [4.69, 9.17) is 27.9 Å². The summed E-state index contributed by atoms with van der Waals surface area (Å²) in [6, 6.07) is 5.64. The number of allylic oxidation sites excluding steroid dienone is 1. The van der Waals surface area contributed by atoms with Crippen molar-refractivity contribution >= 4 is 33.5 Å². The van der Waals surface area contributed by atoms with Crippen LogP contribution in [0.2, 0.25) is 5.02 Å². The fraction of sp³-hybridized carbons (Fsp3) is 0.429. The third kappa shape index (κ3) is 5.38. The van der Waals surface area contributed by atoms with Gasteiger partial charge in [-0.05, 0) is 44.4 Å². The second kappa shape index (κ2) is 9.43. The molecule has 0 bridgehead atoms.